The minimum absolute atomic E-state index is 0.162. The first-order chi connectivity index (χ1) is 12.0. The molecule has 132 valence electrons. The molecule has 2 aromatic rings. The summed E-state index contributed by atoms with van der Waals surface area (Å²) in [6.07, 6.45) is 0.985. The molecule has 0 fully saturated rings. The van der Waals surface area contributed by atoms with Gasteiger partial charge in [0.2, 0.25) is 11.8 Å². The summed E-state index contributed by atoms with van der Waals surface area (Å²) >= 11 is 0. The highest BCUT2D eigenvalue weighted by Crippen LogP contribution is 2.33. The lowest BCUT2D eigenvalue weighted by atomic mass is 10.1. The maximum atomic E-state index is 12.8. The van der Waals surface area contributed by atoms with E-state index in [9.17, 15) is 9.59 Å². The van der Waals surface area contributed by atoms with Crippen LogP contribution in [0.4, 0.5) is 5.69 Å². The second-order valence-electron chi connectivity index (χ2n) is 6.34. The molecule has 0 aliphatic carbocycles. The number of carbonyl (C=O) groups excluding carboxylic acids is 2. The Morgan fingerprint density at radius 1 is 1.36 bits per heavy atom. The van der Waals surface area contributed by atoms with Crippen LogP contribution in [0.2, 0.25) is 0 Å². The maximum absolute atomic E-state index is 12.8. The maximum Gasteiger partial charge on any atom is 0.329 e. The number of hydrogen-bond acceptors (Lipinski definition) is 6. The number of para-hydroxylation sites is 1. The van der Waals surface area contributed by atoms with Crippen LogP contribution < -0.4 is 4.90 Å². The Morgan fingerprint density at radius 3 is 2.80 bits per heavy atom. The topological polar surface area (TPSA) is 85.5 Å². The van der Waals surface area contributed by atoms with Crippen LogP contribution in [0.1, 0.15) is 43.5 Å². The molecule has 7 heteroatoms. The molecule has 0 saturated heterocycles. The van der Waals surface area contributed by atoms with Crippen LogP contribution in [-0.2, 0) is 27.2 Å². The first kappa shape index (κ1) is 17.1. The van der Waals surface area contributed by atoms with Crippen molar-refractivity contribution in [3.05, 3.63) is 41.5 Å². The average Bonchev–Trinajstić information content (AvgIpc) is 3.23. The van der Waals surface area contributed by atoms with E-state index >= 15 is 0 Å². The third-order valence-electron chi connectivity index (χ3n) is 4.27. The molecule has 2 heterocycles. The molecule has 1 aliphatic rings. The van der Waals surface area contributed by atoms with Gasteiger partial charge in [-0.15, -0.1) is 0 Å². The zero-order chi connectivity index (χ0) is 18.0. The summed E-state index contributed by atoms with van der Waals surface area (Å²) in [7, 11) is 1.33. The molecule has 1 aromatic heterocycles. The molecular weight excluding hydrogens is 322 g/mol. The Bertz CT molecular complexity index is 784. The van der Waals surface area contributed by atoms with E-state index in [2.05, 4.69) is 10.1 Å². The SMILES string of the molecule is COC(=O)[C@@H]1Cc2ccccc2N1C(=O)CCc1nc(C(C)C)no1. The number of anilines is 1. The first-order valence-electron chi connectivity index (χ1n) is 8.31. The van der Waals surface area contributed by atoms with E-state index in [0.717, 1.165) is 11.3 Å². The molecule has 7 nitrogen and oxygen atoms in total. The second-order valence-corrected chi connectivity index (χ2v) is 6.34. The summed E-state index contributed by atoms with van der Waals surface area (Å²) < 4.78 is 10.0. The smallest absolute Gasteiger partial charge is 0.329 e. The van der Waals surface area contributed by atoms with Gasteiger partial charge < -0.3 is 9.26 Å². The minimum atomic E-state index is -0.621. The second kappa shape index (κ2) is 7.04. The molecule has 0 bridgehead atoms. The molecule has 0 radical (unpaired) electrons. The minimum Gasteiger partial charge on any atom is -0.467 e. The number of rotatable bonds is 5. The van der Waals surface area contributed by atoms with Crippen molar-refractivity contribution < 1.29 is 18.8 Å². The number of benzene rings is 1. The third-order valence-corrected chi connectivity index (χ3v) is 4.27. The number of methoxy groups -OCH3 is 1. The Morgan fingerprint density at radius 2 is 2.12 bits per heavy atom. The van der Waals surface area contributed by atoms with Gasteiger partial charge in [0.15, 0.2) is 5.82 Å². The number of hydrogen-bond donors (Lipinski definition) is 0. The molecule has 1 amide bonds. The number of carbonyl (C=O) groups is 2. The molecule has 25 heavy (non-hydrogen) atoms. The summed E-state index contributed by atoms with van der Waals surface area (Å²) in [5.41, 5.74) is 1.72. The molecule has 0 unspecified atom stereocenters. The van der Waals surface area contributed by atoms with Crippen molar-refractivity contribution in [3.63, 3.8) is 0 Å². The number of esters is 1. The van der Waals surface area contributed by atoms with Crippen LogP contribution in [0.15, 0.2) is 28.8 Å². The monoisotopic (exact) mass is 343 g/mol. The van der Waals surface area contributed by atoms with E-state index in [1.807, 2.05) is 38.1 Å². The van der Waals surface area contributed by atoms with Crippen molar-refractivity contribution in [1.29, 1.82) is 0 Å². The summed E-state index contributed by atoms with van der Waals surface area (Å²) in [5.74, 6) is 0.650. The van der Waals surface area contributed by atoms with Crippen LogP contribution in [0.25, 0.3) is 0 Å². The highest BCUT2D eigenvalue weighted by Gasteiger charge is 2.38. The standard InChI is InChI=1S/C18H21N3O4/c1-11(2)17-19-15(25-20-17)8-9-16(22)21-13-7-5-4-6-12(13)10-14(21)18(23)24-3/h4-7,11,14H,8-10H2,1-3H3/t14-/m0/s1. The fourth-order valence-corrected chi connectivity index (χ4v) is 2.96. The molecule has 0 saturated carbocycles. The van der Waals surface area contributed by atoms with Gasteiger partial charge in [-0.2, -0.15) is 4.98 Å². The number of amides is 1. The van der Waals surface area contributed by atoms with Crippen LogP contribution in [0, 0.1) is 0 Å². The Labute approximate surface area is 146 Å². The predicted octanol–water partition coefficient (Wildman–Crippen LogP) is 2.26. The predicted molar refractivity (Wildman–Crippen MR) is 90.1 cm³/mol. The highest BCUT2D eigenvalue weighted by molar-refractivity contribution is 6.02. The van der Waals surface area contributed by atoms with Crippen molar-refractivity contribution in [2.24, 2.45) is 0 Å². The molecule has 3 rings (SSSR count). The lowest BCUT2D eigenvalue weighted by Crippen LogP contribution is -2.43. The molecule has 1 atom stereocenters. The molecule has 0 N–H and O–H groups in total. The van der Waals surface area contributed by atoms with Gasteiger partial charge in [0.25, 0.3) is 0 Å². The zero-order valence-corrected chi connectivity index (χ0v) is 14.6. The van der Waals surface area contributed by atoms with E-state index in [0.29, 0.717) is 24.6 Å². The van der Waals surface area contributed by atoms with Crippen molar-refractivity contribution in [2.45, 2.75) is 45.1 Å². The van der Waals surface area contributed by atoms with Gasteiger partial charge in [0.1, 0.15) is 6.04 Å². The van der Waals surface area contributed by atoms with Crippen LogP contribution in [0.5, 0.6) is 0 Å². The highest BCUT2D eigenvalue weighted by atomic mass is 16.5. The summed E-state index contributed by atoms with van der Waals surface area (Å²) in [4.78, 5) is 30.7. The van der Waals surface area contributed by atoms with Crippen molar-refractivity contribution in [1.82, 2.24) is 10.1 Å². The largest absolute Gasteiger partial charge is 0.467 e. The first-order valence-corrected chi connectivity index (χ1v) is 8.31. The average molecular weight is 343 g/mol. The van der Waals surface area contributed by atoms with Crippen LogP contribution in [-0.4, -0.2) is 35.2 Å². The number of aryl methyl sites for hydroxylation is 1. The van der Waals surface area contributed by atoms with Gasteiger partial charge in [-0.3, -0.25) is 9.69 Å². The quantitative estimate of drug-likeness (QED) is 0.774. The van der Waals surface area contributed by atoms with Gasteiger partial charge >= 0.3 is 5.97 Å². The Kier molecular flexibility index (Phi) is 4.83. The number of nitrogens with zero attached hydrogens (tertiary/aromatic N) is 3. The normalized spacial score (nSPS) is 16.2. The van der Waals surface area contributed by atoms with E-state index in [1.165, 1.54) is 12.0 Å². The van der Waals surface area contributed by atoms with Crippen molar-refractivity contribution >= 4 is 17.6 Å². The lowest BCUT2D eigenvalue weighted by molar-refractivity contribution is -0.143. The third kappa shape index (κ3) is 3.40. The van der Waals surface area contributed by atoms with Crippen molar-refractivity contribution in [3.8, 4) is 0 Å². The van der Waals surface area contributed by atoms with Gasteiger partial charge in [-0.25, -0.2) is 4.79 Å². The Balaban J connectivity index is 1.75. The number of ether oxygens (including phenoxy) is 1. The van der Waals surface area contributed by atoms with Crippen LogP contribution in [0.3, 0.4) is 0 Å². The van der Waals surface area contributed by atoms with E-state index < -0.39 is 12.0 Å². The fraction of sp³-hybridized carbons (Fsp3) is 0.444. The van der Waals surface area contributed by atoms with Gasteiger partial charge in [0.05, 0.1) is 7.11 Å². The van der Waals surface area contributed by atoms with E-state index in [1.54, 1.807) is 0 Å². The summed E-state index contributed by atoms with van der Waals surface area (Å²) in [5, 5.41) is 3.90. The zero-order valence-electron chi connectivity index (χ0n) is 14.6. The Hall–Kier alpha value is -2.70. The van der Waals surface area contributed by atoms with Crippen molar-refractivity contribution in [2.75, 3.05) is 12.0 Å². The number of fused-ring (bicyclic) bond motifs is 1. The van der Waals surface area contributed by atoms with Gasteiger partial charge in [-0.05, 0) is 11.6 Å². The molecule has 1 aromatic carbocycles. The van der Waals surface area contributed by atoms with Crippen LogP contribution >= 0.6 is 0 Å². The van der Waals surface area contributed by atoms with E-state index in [-0.39, 0.29) is 18.2 Å². The molecule has 1 aliphatic heterocycles. The fourth-order valence-electron chi connectivity index (χ4n) is 2.96. The number of aromatic nitrogens is 2. The van der Waals surface area contributed by atoms with E-state index in [4.69, 9.17) is 9.26 Å². The lowest BCUT2D eigenvalue weighted by Gasteiger charge is -2.23. The van der Waals surface area contributed by atoms with Gasteiger partial charge in [-0.1, -0.05) is 37.2 Å². The molecule has 0 spiro atoms. The molecular formula is C18H21N3O4. The van der Waals surface area contributed by atoms with Gasteiger partial charge in [0, 0.05) is 30.9 Å². The summed E-state index contributed by atoms with van der Waals surface area (Å²) in [6.45, 7) is 3.95. The summed E-state index contributed by atoms with van der Waals surface area (Å²) in [6, 6.07) is 6.90.